The smallest absolute Gasteiger partial charge is 0.333 e. The third kappa shape index (κ3) is 4.95. The number of aliphatic hydroxyl groups is 1. The van der Waals surface area contributed by atoms with Crippen LogP contribution in [0.5, 0.6) is 0 Å². The maximum atomic E-state index is 11.4. The first-order valence-electron chi connectivity index (χ1n) is 7.27. The summed E-state index contributed by atoms with van der Waals surface area (Å²) in [7, 11) is 1.37. The maximum Gasteiger partial charge on any atom is 0.333 e. The molecule has 120 valence electrons. The van der Waals surface area contributed by atoms with Crippen molar-refractivity contribution in [3.63, 3.8) is 0 Å². The Hall–Kier alpha value is -1.17. The van der Waals surface area contributed by atoms with Crippen molar-refractivity contribution in [2.24, 2.45) is 5.92 Å². The van der Waals surface area contributed by atoms with Gasteiger partial charge in [0.25, 0.3) is 0 Å². The maximum absolute atomic E-state index is 11.4. The van der Waals surface area contributed by atoms with Gasteiger partial charge in [-0.05, 0) is 57.4 Å². The van der Waals surface area contributed by atoms with Crippen molar-refractivity contribution in [3.05, 3.63) is 23.8 Å². The standard InChI is InChI=1S/C16H26O5/c1-11(2)14(21-19)9-10-16(3,18)13-7-5-12(6-8-13)15(17)20-4/h5,13-14,18-19H,1,6-10H2,2-4H3/t13-,14-,16+/m1/s1. The summed E-state index contributed by atoms with van der Waals surface area (Å²) in [4.78, 5) is 15.8. The number of rotatable bonds is 7. The highest BCUT2D eigenvalue weighted by Gasteiger charge is 2.34. The average molecular weight is 298 g/mol. The molecule has 0 aromatic heterocycles. The van der Waals surface area contributed by atoms with Crippen molar-refractivity contribution in [2.45, 2.75) is 57.7 Å². The summed E-state index contributed by atoms with van der Waals surface area (Å²) in [5, 5.41) is 19.5. The molecule has 0 unspecified atom stereocenters. The van der Waals surface area contributed by atoms with Gasteiger partial charge in [0.2, 0.25) is 0 Å². The molecule has 1 aliphatic rings. The number of methoxy groups -OCH3 is 1. The van der Waals surface area contributed by atoms with Crippen LogP contribution in [-0.2, 0) is 14.4 Å². The van der Waals surface area contributed by atoms with Crippen LogP contribution in [0.3, 0.4) is 0 Å². The van der Waals surface area contributed by atoms with Gasteiger partial charge >= 0.3 is 5.97 Å². The normalized spacial score (nSPS) is 22.9. The van der Waals surface area contributed by atoms with E-state index in [-0.39, 0.29) is 11.9 Å². The third-order valence-electron chi connectivity index (χ3n) is 4.33. The van der Waals surface area contributed by atoms with Crippen LogP contribution in [0.4, 0.5) is 0 Å². The van der Waals surface area contributed by atoms with E-state index in [0.29, 0.717) is 31.3 Å². The van der Waals surface area contributed by atoms with Crippen LogP contribution in [0.2, 0.25) is 0 Å². The Morgan fingerprint density at radius 3 is 2.71 bits per heavy atom. The second-order valence-corrected chi connectivity index (χ2v) is 6.03. The largest absolute Gasteiger partial charge is 0.466 e. The van der Waals surface area contributed by atoms with E-state index < -0.39 is 11.7 Å². The van der Waals surface area contributed by atoms with Gasteiger partial charge in [-0.2, -0.15) is 0 Å². The average Bonchev–Trinajstić information content (AvgIpc) is 2.46. The molecule has 0 bridgehead atoms. The summed E-state index contributed by atoms with van der Waals surface area (Å²) in [5.74, 6) is -0.209. The van der Waals surface area contributed by atoms with Gasteiger partial charge in [0.15, 0.2) is 0 Å². The van der Waals surface area contributed by atoms with E-state index in [2.05, 4.69) is 11.5 Å². The van der Waals surface area contributed by atoms with Gasteiger partial charge in [0.05, 0.1) is 12.7 Å². The van der Waals surface area contributed by atoms with Gasteiger partial charge in [-0.3, -0.25) is 5.26 Å². The van der Waals surface area contributed by atoms with Crippen molar-refractivity contribution in [2.75, 3.05) is 7.11 Å². The van der Waals surface area contributed by atoms with Crippen molar-refractivity contribution in [1.29, 1.82) is 0 Å². The first kappa shape index (κ1) is 17.9. The minimum Gasteiger partial charge on any atom is -0.466 e. The molecule has 0 spiro atoms. The summed E-state index contributed by atoms with van der Waals surface area (Å²) in [6, 6.07) is 0. The highest BCUT2D eigenvalue weighted by molar-refractivity contribution is 5.88. The molecule has 0 saturated carbocycles. The quantitative estimate of drug-likeness (QED) is 0.327. The topological polar surface area (TPSA) is 76.0 Å². The Morgan fingerprint density at radius 1 is 1.62 bits per heavy atom. The van der Waals surface area contributed by atoms with Crippen molar-refractivity contribution in [1.82, 2.24) is 0 Å². The fourth-order valence-electron chi connectivity index (χ4n) is 2.73. The molecular weight excluding hydrogens is 272 g/mol. The molecule has 0 aromatic rings. The summed E-state index contributed by atoms with van der Waals surface area (Å²) in [6.45, 7) is 7.32. The van der Waals surface area contributed by atoms with Crippen LogP contribution in [-0.4, -0.2) is 35.1 Å². The molecule has 0 amide bonds. The van der Waals surface area contributed by atoms with Crippen LogP contribution in [0.15, 0.2) is 23.8 Å². The Morgan fingerprint density at radius 2 is 2.29 bits per heavy atom. The third-order valence-corrected chi connectivity index (χ3v) is 4.33. The molecule has 1 aliphatic carbocycles. The summed E-state index contributed by atoms with van der Waals surface area (Å²) in [5.41, 5.74) is 0.539. The number of esters is 1. The highest BCUT2D eigenvalue weighted by Crippen LogP contribution is 2.35. The second-order valence-electron chi connectivity index (χ2n) is 6.03. The predicted molar refractivity (Wildman–Crippen MR) is 79.6 cm³/mol. The molecule has 0 aromatic carbocycles. The fraction of sp³-hybridized carbons (Fsp3) is 0.688. The lowest BCUT2D eigenvalue weighted by Crippen LogP contribution is -2.37. The Kier molecular flexibility index (Phi) is 6.58. The summed E-state index contributed by atoms with van der Waals surface area (Å²) < 4.78 is 4.71. The Balaban J connectivity index is 2.58. The van der Waals surface area contributed by atoms with E-state index in [0.717, 1.165) is 12.0 Å². The highest BCUT2D eigenvalue weighted by atomic mass is 17.1. The monoisotopic (exact) mass is 298 g/mol. The number of hydrogen-bond acceptors (Lipinski definition) is 5. The molecule has 1 rings (SSSR count). The van der Waals surface area contributed by atoms with Gasteiger partial charge in [-0.25, -0.2) is 9.68 Å². The lowest BCUT2D eigenvalue weighted by Gasteiger charge is -2.35. The van der Waals surface area contributed by atoms with Crippen LogP contribution in [0.25, 0.3) is 0 Å². The lowest BCUT2D eigenvalue weighted by molar-refractivity contribution is -0.271. The van der Waals surface area contributed by atoms with Crippen molar-refractivity contribution in [3.8, 4) is 0 Å². The zero-order valence-electron chi connectivity index (χ0n) is 13.1. The summed E-state index contributed by atoms with van der Waals surface area (Å²) in [6.07, 6.45) is 4.41. The predicted octanol–water partition coefficient (Wildman–Crippen LogP) is 2.85. The molecule has 0 aliphatic heterocycles. The summed E-state index contributed by atoms with van der Waals surface area (Å²) >= 11 is 0. The van der Waals surface area contributed by atoms with Gasteiger partial charge in [0.1, 0.15) is 6.10 Å². The zero-order valence-corrected chi connectivity index (χ0v) is 13.1. The SMILES string of the molecule is C=C(C)[C@@H](CC[C@](C)(O)[C@@H]1CC=C(C(=O)OC)CC1)OO. The Bertz CT molecular complexity index is 411. The molecule has 0 heterocycles. The first-order chi connectivity index (χ1) is 9.81. The molecule has 5 heteroatoms. The first-order valence-corrected chi connectivity index (χ1v) is 7.27. The van der Waals surface area contributed by atoms with E-state index in [1.54, 1.807) is 13.8 Å². The number of carbonyl (C=O) groups is 1. The zero-order chi connectivity index (χ0) is 16.0. The Labute approximate surface area is 126 Å². The fourth-order valence-corrected chi connectivity index (χ4v) is 2.73. The molecule has 5 nitrogen and oxygen atoms in total. The number of ether oxygens (including phenoxy) is 1. The minimum atomic E-state index is -0.871. The molecule has 0 fully saturated rings. The minimum absolute atomic E-state index is 0.0790. The molecular formula is C16H26O5. The van der Waals surface area contributed by atoms with E-state index in [9.17, 15) is 9.90 Å². The van der Waals surface area contributed by atoms with Gasteiger partial charge in [-0.15, -0.1) is 0 Å². The van der Waals surface area contributed by atoms with Crippen molar-refractivity contribution >= 4 is 5.97 Å². The van der Waals surface area contributed by atoms with E-state index in [1.807, 2.05) is 6.08 Å². The molecule has 3 atom stereocenters. The number of carbonyl (C=O) groups excluding carboxylic acids is 1. The van der Waals surface area contributed by atoms with Crippen LogP contribution in [0.1, 0.15) is 46.0 Å². The van der Waals surface area contributed by atoms with E-state index >= 15 is 0 Å². The van der Waals surface area contributed by atoms with E-state index in [1.165, 1.54) is 7.11 Å². The molecule has 21 heavy (non-hydrogen) atoms. The number of hydrogen-bond donors (Lipinski definition) is 2. The van der Waals surface area contributed by atoms with Crippen LogP contribution in [0, 0.1) is 5.92 Å². The lowest BCUT2D eigenvalue weighted by atomic mass is 9.76. The van der Waals surface area contributed by atoms with Crippen LogP contribution < -0.4 is 0 Å². The molecule has 0 radical (unpaired) electrons. The van der Waals surface area contributed by atoms with E-state index in [4.69, 9.17) is 9.99 Å². The molecule has 2 N–H and O–H groups in total. The number of allylic oxidation sites excluding steroid dienone is 1. The van der Waals surface area contributed by atoms with Crippen molar-refractivity contribution < 1.29 is 24.8 Å². The van der Waals surface area contributed by atoms with Gasteiger partial charge < -0.3 is 9.84 Å². The van der Waals surface area contributed by atoms with Gasteiger partial charge in [0, 0.05) is 5.57 Å². The van der Waals surface area contributed by atoms with Gasteiger partial charge in [-0.1, -0.05) is 12.7 Å². The second kappa shape index (κ2) is 7.73. The molecule has 0 saturated heterocycles. The van der Waals surface area contributed by atoms with Crippen LogP contribution >= 0.6 is 0 Å².